The molecule has 0 radical (unpaired) electrons. The highest BCUT2D eigenvalue weighted by atomic mass is 19.2. The second kappa shape index (κ2) is 8.51. The lowest BCUT2D eigenvalue weighted by Gasteiger charge is -2.29. The fraction of sp³-hybridized carbons (Fsp3) is 0.261. The molecule has 0 spiro atoms. The summed E-state index contributed by atoms with van der Waals surface area (Å²) in [7, 11) is 0. The molecule has 1 atom stereocenters. The molecule has 0 bridgehead atoms. The second-order valence-corrected chi connectivity index (χ2v) is 7.80. The van der Waals surface area contributed by atoms with Crippen molar-refractivity contribution in [1.82, 2.24) is 25.3 Å². The number of piperazine rings is 1. The van der Waals surface area contributed by atoms with Crippen molar-refractivity contribution in [2.75, 3.05) is 36.4 Å². The van der Waals surface area contributed by atoms with Gasteiger partial charge in [-0.25, -0.2) is 23.7 Å². The highest BCUT2D eigenvalue weighted by Gasteiger charge is 2.18. The van der Waals surface area contributed by atoms with E-state index in [1.165, 1.54) is 12.4 Å². The number of fused-ring (bicyclic) bond motifs is 1. The number of nitrogens with one attached hydrogen (secondary N) is 3. The van der Waals surface area contributed by atoms with Crippen LogP contribution < -0.4 is 15.5 Å². The maximum Gasteiger partial charge on any atom is 0.159 e. The van der Waals surface area contributed by atoms with Crippen molar-refractivity contribution < 1.29 is 8.78 Å². The third-order valence-electron chi connectivity index (χ3n) is 5.69. The third-order valence-corrected chi connectivity index (χ3v) is 5.69. The summed E-state index contributed by atoms with van der Waals surface area (Å²) in [5, 5.41) is 7.48. The summed E-state index contributed by atoms with van der Waals surface area (Å²) < 4.78 is 27.3. The van der Waals surface area contributed by atoms with E-state index in [1.807, 2.05) is 25.1 Å². The maximum atomic E-state index is 13.8. The van der Waals surface area contributed by atoms with E-state index in [2.05, 4.69) is 30.5 Å². The molecule has 3 aromatic heterocycles. The van der Waals surface area contributed by atoms with Gasteiger partial charge in [0.1, 0.15) is 23.6 Å². The molecule has 1 fully saturated rings. The molecule has 5 rings (SSSR count). The minimum atomic E-state index is -0.898. The summed E-state index contributed by atoms with van der Waals surface area (Å²) in [6.07, 6.45) is 3.19. The molecule has 0 unspecified atom stereocenters. The van der Waals surface area contributed by atoms with E-state index < -0.39 is 11.6 Å². The highest BCUT2D eigenvalue weighted by Crippen LogP contribution is 2.34. The van der Waals surface area contributed by atoms with Gasteiger partial charge in [0.25, 0.3) is 0 Å². The van der Waals surface area contributed by atoms with E-state index in [-0.39, 0.29) is 6.04 Å². The van der Waals surface area contributed by atoms with Gasteiger partial charge in [-0.05, 0) is 36.8 Å². The maximum absolute atomic E-state index is 13.8. The van der Waals surface area contributed by atoms with Gasteiger partial charge in [0.05, 0.1) is 17.1 Å². The molecular formula is C23H23F2N7. The molecule has 0 amide bonds. The van der Waals surface area contributed by atoms with Gasteiger partial charge in [-0.1, -0.05) is 12.1 Å². The number of halogens is 2. The molecule has 1 aliphatic heterocycles. The Bertz CT molecular complexity index is 1250. The normalized spacial score (nSPS) is 15.2. The fourth-order valence-corrected chi connectivity index (χ4v) is 3.99. The zero-order valence-electron chi connectivity index (χ0n) is 17.6. The standard InChI is InChI=1S/C23H23F2N7/c1-14(19-3-2-4-20(31-19)32-9-7-26-8-10-32)30-23-21-16(12-27-22(21)28-13-29-23)15-5-6-17(24)18(25)11-15/h2-6,11-14,26H,7-10H2,1H3,(H2,27,28,29,30)/t14-/m0/s1. The summed E-state index contributed by atoms with van der Waals surface area (Å²) in [5.74, 6) is -0.231. The molecule has 1 saturated heterocycles. The minimum Gasteiger partial charge on any atom is -0.361 e. The number of benzene rings is 1. The topological polar surface area (TPSA) is 81.8 Å². The number of rotatable bonds is 5. The fourth-order valence-electron chi connectivity index (χ4n) is 3.99. The highest BCUT2D eigenvalue weighted by molar-refractivity contribution is 6.00. The van der Waals surface area contributed by atoms with Gasteiger partial charge in [-0.3, -0.25) is 0 Å². The van der Waals surface area contributed by atoms with Gasteiger partial charge in [-0.2, -0.15) is 0 Å². The average Bonchev–Trinajstić information content (AvgIpc) is 3.27. The molecule has 7 nitrogen and oxygen atoms in total. The zero-order valence-corrected chi connectivity index (χ0v) is 17.6. The van der Waals surface area contributed by atoms with E-state index in [0.29, 0.717) is 28.0 Å². The smallest absolute Gasteiger partial charge is 0.159 e. The van der Waals surface area contributed by atoms with Gasteiger partial charge >= 0.3 is 0 Å². The van der Waals surface area contributed by atoms with Crippen LogP contribution in [-0.2, 0) is 0 Å². The van der Waals surface area contributed by atoms with E-state index in [4.69, 9.17) is 4.98 Å². The Morgan fingerprint density at radius 1 is 1.06 bits per heavy atom. The number of nitrogens with zero attached hydrogens (tertiary/aromatic N) is 4. The monoisotopic (exact) mass is 435 g/mol. The predicted octanol–water partition coefficient (Wildman–Crippen LogP) is 3.88. The van der Waals surface area contributed by atoms with Crippen molar-refractivity contribution in [1.29, 1.82) is 0 Å². The number of pyridine rings is 1. The van der Waals surface area contributed by atoms with Crippen molar-refractivity contribution in [2.45, 2.75) is 13.0 Å². The summed E-state index contributed by atoms with van der Waals surface area (Å²) in [6.45, 7) is 5.75. The van der Waals surface area contributed by atoms with E-state index in [9.17, 15) is 8.78 Å². The van der Waals surface area contributed by atoms with Crippen molar-refractivity contribution >= 4 is 22.7 Å². The zero-order chi connectivity index (χ0) is 22.1. The average molecular weight is 435 g/mol. The van der Waals surface area contributed by atoms with Crippen LogP contribution in [0.25, 0.3) is 22.2 Å². The minimum absolute atomic E-state index is 0.135. The Kier molecular flexibility index (Phi) is 5.40. The van der Waals surface area contributed by atoms with Gasteiger partial charge in [-0.15, -0.1) is 0 Å². The molecule has 9 heteroatoms. The molecular weight excluding hydrogens is 412 g/mol. The molecule has 0 saturated carbocycles. The van der Waals surface area contributed by atoms with E-state index in [0.717, 1.165) is 43.8 Å². The summed E-state index contributed by atoms with van der Waals surface area (Å²) in [4.78, 5) is 18.9. The van der Waals surface area contributed by atoms with Crippen LogP contribution in [0, 0.1) is 11.6 Å². The lowest BCUT2D eigenvalue weighted by atomic mass is 10.1. The lowest BCUT2D eigenvalue weighted by Crippen LogP contribution is -2.44. The Labute approximate surface area is 183 Å². The molecule has 32 heavy (non-hydrogen) atoms. The first kappa shape index (κ1) is 20.3. The number of hydrogen-bond acceptors (Lipinski definition) is 6. The summed E-state index contributed by atoms with van der Waals surface area (Å²) in [5.41, 5.74) is 2.73. The van der Waals surface area contributed by atoms with E-state index >= 15 is 0 Å². The van der Waals surface area contributed by atoms with Gasteiger partial charge < -0.3 is 20.5 Å². The molecule has 4 aromatic rings. The predicted molar refractivity (Wildman–Crippen MR) is 121 cm³/mol. The summed E-state index contributed by atoms with van der Waals surface area (Å²) in [6, 6.07) is 9.72. The molecule has 3 N–H and O–H groups in total. The van der Waals surface area contributed by atoms with Crippen LogP contribution in [0.3, 0.4) is 0 Å². The second-order valence-electron chi connectivity index (χ2n) is 7.80. The van der Waals surface area contributed by atoms with Crippen LogP contribution in [0.1, 0.15) is 18.7 Å². The molecule has 0 aliphatic carbocycles. The van der Waals surface area contributed by atoms with Crippen LogP contribution in [0.15, 0.2) is 48.9 Å². The molecule has 1 aromatic carbocycles. The lowest BCUT2D eigenvalue weighted by molar-refractivity contribution is 0.509. The number of aromatic amines is 1. The quantitative estimate of drug-likeness (QED) is 0.441. The van der Waals surface area contributed by atoms with Crippen LogP contribution in [-0.4, -0.2) is 46.1 Å². The first-order valence-corrected chi connectivity index (χ1v) is 10.6. The van der Waals surface area contributed by atoms with Crippen LogP contribution in [0.4, 0.5) is 20.4 Å². The van der Waals surface area contributed by atoms with Crippen molar-refractivity contribution in [3.8, 4) is 11.1 Å². The number of aromatic nitrogens is 4. The van der Waals surface area contributed by atoms with Gasteiger partial charge in [0.15, 0.2) is 11.6 Å². The number of H-pyrrole nitrogens is 1. The number of anilines is 2. The summed E-state index contributed by atoms with van der Waals surface area (Å²) >= 11 is 0. The molecule has 164 valence electrons. The van der Waals surface area contributed by atoms with Crippen molar-refractivity contribution in [3.63, 3.8) is 0 Å². The third kappa shape index (κ3) is 3.87. The Morgan fingerprint density at radius 2 is 1.91 bits per heavy atom. The van der Waals surface area contributed by atoms with Gasteiger partial charge in [0, 0.05) is 37.9 Å². The van der Waals surface area contributed by atoms with Crippen molar-refractivity contribution in [2.24, 2.45) is 0 Å². The first-order chi connectivity index (χ1) is 15.6. The largest absolute Gasteiger partial charge is 0.361 e. The van der Waals surface area contributed by atoms with Crippen LogP contribution in [0.5, 0.6) is 0 Å². The number of hydrogen-bond donors (Lipinski definition) is 3. The Balaban J connectivity index is 1.46. The Hall–Kier alpha value is -3.59. The molecule has 4 heterocycles. The SMILES string of the molecule is C[C@H](Nc1ncnc2[nH]cc(-c3ccc(F)c(F)c3)c12)c1cccc(N2CCNCC2)n1. The van der Waals surface area contributed by atoms with E-state index in [1.54, 1.807) is 12.3 Å². The van der Waals surface area contributed by atoms with Crippen LogP contribution in [0.2, 0.25) is 0 Å². The first-order valence-electron chi connectivity index (χ1n) is 10.6. The Morgan fingerprint density at radius 3 is 2.72 bits per heavy atom. The van der Waals surface area contributed by atoms with Crippen LogP contribution >= 0.6 is 0 Å². The molecule has 1 aliphatic rings. The van der Waals surface area contributed by atoms with Gasteiger partial charge in [0.2, 0.25) is 0 Å². The van der Waals surface area contributed by atoms with Crippen molar-refractivity contribution in [3.05, 3.63) is 66.3 Å².